The molecule has 0 heterocycles. The van der Waals surface area contributed by atoms with Gasteiger partial charge in [-0.05, 0) is 11.8 Å². The molecule has 0 rings (SSSR count). The van der Waals surface area contributed by atoms with Crippen LogP contribution in [0.15, 0.2) is 0 Å². The average Bonchev–Trinajstić information content (AvgIpc) is 1.63. The van der Waals surface area contributed by atoms with Gasteiger partial charge in [-0.2, -0.15) is 0 Å². The van der Waals surface area contributed by atoms with Gasteiger partial charge in [0, 0.05) is 0 Å². The van der Waals surface area contributed by atoms with Crippen molar-refractivity contribution in [3.8, 4) is 0 Å². The Bertz CT molecular complexity index is 109. The molecule has 1 amide bonds. The van der Waals surface area contributed by atoms with Crippen LogP contribution in [0.1, 0.15) is 0 Å². The van der Waals surface area contributed by atoms with Crippen LogP contribution in [0.4, 0.5) is 18.0 Å². The molecule has 0 saturated heterocycles. The monoisotopic (exact) mass is 159 g/mol. The van der Waals surface area contributed by atoms with E-state index in [1.807, 2.05) is 0 Å². The van der Waals surface area contributed by atoms with Gasteiger partial charge in [-0.25, -0.2) is 13.2 Å². The third-order valence-corrected chi connectivity index (χ3v) is 1.09. The van der Waals surface area contributed by atoms with Crippen molar-refractivity contribution in [2.45, 2.75) is 11.9 Å². The first-order chi connectivity index (χ1) is 4.04. The second kappa shape index (κ2) is 3.60. The summed E-state index contributed by atoms with van der Waals surface area (Å²) >= 11 is -0.215. The van der Waals surface area contributed by atoms with Crippen molar-refractivity contribution >= 4 is 17.0 Å². The molecular weight excluding hydrogens is 155 g/mol. The Hall–Kier alpha value is -0.390. The van der Waals surface area contributed by atoms with Crippen LogP contribution in [0.25, 0.3) is 0 Å². The van der Waals surface area contributed by atoms with E-state index in [0.717, 1.165) is 0 Å². The Balaban J connectivity index is 3.50. The van der Waals surface area contributed by atoms with E-state index >= 15 is 0 Å². The van der Waals surface area contributed by atoms with Crippen molar-refractivity contribution < 1.29 is 18.0 Å². The van der Waals surface area contributed by atoms with Crippen molar-refractivity contribution in [3.63, 3.8) is 0 Å². The van der Waals surface area contributed by atoms with Crippen LogP contribution < -0.4 is 5.73 Å². The molecule has 0 aromatic rings. The van der Waals surface area contributed by atoms with E-state index in [2.05, 4.69) is 5.73 Å². The molecule has 0 aliphatic heterocycles. The van der Waals surface area contributed by atoms with Gasteiger partial charge in [0.25, 0.3) is 11.7 Å². The Morgan fingerprint density at radius 3 is 2.00 bits per heavy atom. The number of hydrogen-bond acceptors (Lipinski definition) is 2. The van der Waals surface area contributed by atoms with Gasteiger partial charge in [0.05, 0.1) is 0 Å². The Morgan fingerprint density at radius 2 is 1.89 bits per heavy atom. The molecule has 1 atom stereocenters. The summed E-state index contributed by atoms with van der Waals surface area (Å²) in [5.41, 5.74) is 1.88. The van der Waals surface area contributed by atoms with E-state index in [9.17, 15) is 18.0 Å². The number of alkyl halides is 3. The Kier molecular flexibility index (Phi) is 3.44. The van der Waals surface area contributed by atoms with E-state index in [4.69, 9.17) is 0 Å². The fourth-order valence-electron chi connectivity index (χ4n) is 0.162. The molecule has 0 bridgehead atoms. The largest absolute Gasteiger partial charge is 0.360 e. The van der Waals surface area contributed by atoms with Crippen molar-refractivity contribution in [3.05, 3.63) is 0 Å². The lowest BCUT2D eigenvalue weighted by Crippen LogP contribution is -2.14. The van der Waals surface area contributed by atoms with E-state index in [-0.39, 0.29) is 11.8 Å². The number of carbonyl (C=O) groups excluding carboxylic acids is 1. The summed E-state index contributed by atoms with van der Waals surface area (Å²) in [6, 6.07) is 0. The minimum Gasteiger partial charge on any atom is -0.360 e. The second-order valence-electron chi connectivity index (χ2n) is 1.12. The summed E-state index contributed by atoms with van der Waals surface area (Å²) in [6.07, 6.45) is -3.15. The van der Waals surface area contributed by atoms with Crippen LogP contribution in [-0.4, -0.2) is 17.2 Å². The standard InChI is InChI=1S/C3H4F3NOS/c4-1(5)2(6)9-3(7)8/h1-2H,(H2,7,8). The molecule has 0 fully saturated rings. The molecule has 9 heavy (non-hydrogen) atoms. The fraction of sp³-hybridized carbons (Fsp3) is 0.667. The molecule has 0 aromatic carbocycles. The van der Waals surface area contributed by atoms with Crippen LogP contribution in [0.2, 0.25) is 0 Å². The summed E-state index contributed by atoms with van der Waals surface area (Å²) in [4.78, 5) is 9.73. The van der Waals surface area contributed by atoms with Gasteiger partial charge < -0.3 is 5.73 Å². The van der Waals surface area contributed by atoms with Gasteiger partial charge >= 0.3 is 0 Å². The Labute approximate surface area is 53.6 Å². The molecule has 0 saturated carbocycles. The van der Waals surface area contributed by atoms with Gasteiger partial charge in [-0.15, -0.1) is 0 Å². The van der Waals surface area contributed by atoms with Crippen molar-refractivity contribution in [1.82, 2.24) is 0 Å². The molecule has 0 radical (unpaired) electrons. The SMILES string of the molecule is NC(=O)SC(F)C(F)F. The summed E-state index contributed by atoms with van der Waals surface area (Å²) < 4.78 is 34.1. The first kappa shape index (κ1) is 8.61. The lowest BCUT2D eigenvalue weighted by Gasteiger charge is -2.00. The quantitative estimate of drug-likeness (QED) is 0.661. The minimum atomic E-state index is -3.15. The molecule has 2 N–H and O–H groups in total. The zero-order valence-corrected chi connectivity index (χ0v) is 5.00. The van der Waals surface area contributed by atoms with E-state index in [1.165, 1.54) is 0 Å². The smallest absolute Gasteiger partial charge is 0.279 e. The predicted molar refractivity (Wildman–Crippen MR) is 28.1 cm³/mol. The highest BCUT2D eigenvalue weighted by Crippen LogP contribution is 2.18. The van der Waals surface area contributed by atoms with Crippen LogP contribution in [0, 0.1) is 0 Å². The van der Waals surface area contributed by atoms with Gasteiger partial charge in [0.1, 0.15) is 0 Å². The molecule has 0 spiro atoms. The predicted octanol–water partition coefficient (Wildman–Crippen LogP) is 1.36. The number of amides is 1. The molecule has 0 aliphatic rings. The molecule has 0 aliphatic carbocycles. The molecule has 54 valence electrons. The number of nitrogens with two attached hydrogens (primary N) is 1. The van der Waals surface area contributed by atoms with Crippen LogP contribution >= 0.6 is 11.8 Å². The van der Waals surface area contributed by atoms with Crippen molar-refractivity contribution in [1.29, 1.82) is 0 Å². The maximum absolute atomic E-state index is 11.7. The maximum Gasteiger partial charge on any atom is 0.279 e. The van der Waals surface area contributed by atoms with Crippen LogP contribution in [-0.2, 0) is 0 Å². The molecular formula is C3H4F3NOS. The third kappa shape index (κ3) is 4.14. The highest BCUT2D eigenvalue weighted by molar-refractivity contribution is 8.13. The van der Waals surface area contributed by atoms with E-state index < -0.39 is 17.2 Å². The summed E-state index contributed by atoms with van der Waals surface area (Å²) in [7, 11) is 0. The highest BCUT2D eigenvalue weighted by Gasteiger charge is 2.21. The first-order valence-electron chi connectivity index (χ1n) is 1.92. The normalized spacial score (nSPS) is 13.8. The Morgan fingerprint density at radius 1 is 1.44 bits per heavy atom. The zero-order valence-electron chi connectivity index (χ0n) is 4.18. The van der Waals surface area contributed by atoms with Gasteiger partial charge in [0.15, 0.2) is 0 Å². The summed E-state index contributed by atoms with van der Waals surface area (Å²) in [6.45, 7) is 0. The zero-order chi connectivity index (χ0) is 7.44. The third-order valence-electron chi connectivity index (χ3n) is 0.427. The minimum absolute atomic E-state index is 0.215. The molecule has 1 unspecified atom stereocenters. The fourth-order valence-corrected chi connectivity index (χ4v) is 0.487. The van der Waals surface area contributed by atoms with Gasteiger partial charge in [-0.1, -0.05) is 0 Å². The average molecular weight is 159 g/mol. The van der Waals surface area contributed by atoms with Crippen LogP contribution in [0.5, 0.6) is 0 Å². The van der Waals surface area contributed by atoms with Crippen molar-refractivity contribution in [2.24, 2.45) is 5.73 Å². The number of halogens is 3. The second-order valence-corrected chi connectivity index (χ2v) is 2.21. The van der Waals surface area contributed by atoms with Crippen molar-refractivity contribution in [2.75, 3.05) is 0 Å². The topological polar surface area (TPSA) is 43.1 Å². The van der Waals surface area contributed by atoms with Crippen LogP contribution in [0.3, 0.4) is 0 Å². The van der Waals surface area contributed by atoms with E-state index in [0.29, 0.717) is 0 Å². The molecule has 2 nitrogen and oxygen atoms in total. The van der Waals surface area contributed by atoms with E-state index in [1.54, 1.807) is 0 Å². The highest BCUT2D eigenvalue weighted by atomic mass is 32.2. The number of primary amides is 1. The summed E-state index contributed by atoms with van der Waals surface area (Å²) in [5, 5.41) is -1.14. The lowest BCUT2D eigenvalue weighted by molar-refractivity contribution is 0.0955. The number of carbonyl (C=O) groups is 1. The number of hydrogen-bond donors (Lipinski definition) is 1. The number of rotatable bonds is 2. The van der Waals surface area contributed by atoms with Gasteiger partial charge in [-0.3, -0.25) is 4.79 Å². The van der Waals surface area contributed by atoms with Gasteiger partial charge in [0.2, 0.25) is 5.50 Å². The molecule has 6 heteroatoms. The summed E-state index contributed by atoms with van der Waals surface area (Å²) in [5.74, 6) is 0. The lowest BCUT2D eigenvalue weighted by atomic mass is 10.8. The first-order valence-corrected chi connectivity index (χ1v) is 2.80. The number of thioether (sulfide) groups is 1. The maximum atomic E-state index is 11.7. The molecule has 0 aromatic heterocycles.